The molecule has 1 saturated carbocycles. The number of benzene rings is 3. The molecule has 1 aliphatic rings. The van der Waals surface area contributed by atoms with E-state index in [0.29, 0.717) is 55.5 Å². The highest BCUT2D eigenvalue weighted by Gasteiger charge is 2.50. The number of unbranched alkanes of at least 4 members (excludes halogenated alkanes) is 9. The smallest absolute Gasteiger partial charge is 0.281 e. The molecule has 1 fully saturated rings. The van der Waals surface area contributed by atoms with Crippen molar-refractivity contribution >= 4 is 78.5 Å². The Labute approximate surface area is 358 Å². The Bertz CT molecular complexity index is 2340. The maximum atomic E-state index is 14.6. The molecule has 3 aromatic carbocycles. The number of aromatic nitrogens is 2. The lowest BCUT2D eigenvalue weighted by atomic mass is 10.0. The van der Waals surface area contributed by atoms with Gasteiger partial charge in [-0.2, -0.15) is 4.98 Å². The van der Waals surface area contributed by atoms with E-state index in [1.165, 1.54) is 48.8 Å². The van der Waals surface area contributed by atoms with Crippen molar-refractivity contribution in [2.24, 2.45) is 10.4 Å². The molecule has 318 valence electrons. The van der Waals surface area contributed by atoms with Crippen molar-refractivity contribution in [2.75, 3.05) is 35.7 Å². The van der Waals surface area contributed by atoms with Gasteiger partial charge in [0.2, 0.25) is 5.91 Å². The zero-order chi connectivity index (χ0) is 42.7. The predicted octanol–water partition coefficient (Wildman–Crippen LogP) is 10.1. The second-order valence-electron chi connectivity index (χ2n) is 15.5. The van der Waals surface area contributed by atoms with E-state index in [2.05, 4.69) is 17.2 Å². The van der Waals surface area contributed by atoms with Gasteiger partial charge in [-0.15, -0.1) is 0 Å². The number of hydrogen-bond acceptors (Lipinski definition) is 9. The summed E-state index contributed by atoms with van der Waals surface area (Å²) in [6, 6.07) is 14.6. The molecule has 11 nitrogen and oxygen atoms in total. The summed E-state index contributed by atoms with van der Waals surface area (Å²) in [6.07, 6.45) is 12.5. The second kappa shape index (κ2) is 20.9. The van der Waals surface area contributed by atoms with Crippen LogP contribution >= 0.6 is 23.2 Å². The SMILES string of the molecule is CCCCCCCCCCCCS(=O)(=O)c1cc(Cl)c(NC(=O)/C(=N/c2ccc(N(CC)CCO)cc2C)c2nc(=O)c3ccccc3n2C(=O)C2(CC)CC2)cc1Cl. The summed E-state index contributed by atoms with van der Waals surface area (Å²) in [4.78, 5) is 53.6. The van der Waals surface area contributed by atoms with Gasteiger partial charge in [-0.05, 0) is 87.6 Å². The Morgan fingerprint density at radius 1 is 0.915 bits per heavy atom. The molecule has 1 aromatic heterocycles. The fraction of sp³-hybridized carbons (Fsp3) is 0.489. The number of para-hydroxylation sites is 1. The van der Waals surface area contributed by atoms with E-state index in [1.54, 1.807) is 30.3 Å². The number of carbonyl (C=O) groups excluding carboxylic acids is 2. The Hall–Kier alpha value is -4.10. The number of aliphatic hydroxyl groups excluding tert-OH is 1. The predicted molar refractivity (Wildman–Crippen MR) is 240 cm³/mol. The molecule has 0 atom stereocenters. The average molecular weight is 867 g/mol. The summed E-state index contributed by atoms with van der Waals surface area (Å²) in [6.45, 7) is 8.95. The van der Waals surface area contributed by atoms with Crippen molar-refractivity contribution in [3.05, 3.63) is 86.4 Å². The van der Waals surface area contributed by atoms with Crippen molar-refractivity contribution in [3.63, 3.8) is 0 Å². The van der Waals surface area contributed by atoms with Crippen LogP contribution in [0, 0.1) is 12.3 Å². The summed E-state index contributed by atoms with van der Waals surface area (Å²) in [7, 11) is -3.79. The molecule has 1 heterocycles. The van der Waals surface area contributed by atoms with Gasteiger partial charge >= 0.3 is 0 Å². The minimum atomic E-state index is -3.79. The number of anilines is 2. The van der Waals surface area contributed by atoms with Crippen LogP contribution < -0.4 is 15.8 Å². The summed E-state index contributed by atoms with van der Waals surface area (Å²) in [5.74, 6) is -1.48. The summed E-state index contributed by atoms with van der Waals surface area (Å²) < 4.78 is 28.2. The minimum absolute atomic E-state index is 0.00940. The Balaban J connectivity index is 1.49. The van der Waals surface area contributed by atoms with Gasteiger partial charge in [0.15, 0.2) is 21.4 Å². The van der Waals surface area contributed by atoms with E-state index in [1.807, 2.05) is 37.8 Å². The first-order valence-electron chi connectivity index (χ1n) is 21.0. The number of aliphatic imine (C=N–C) groups is 1. The van der Waals surface area contributed by atoms with Crippen molar-refractivity contribution in [2.45, 2.75) is 116 Å². The van der Waals surface area contributed by atoms with Gasteiger partial charge in [0.1, 0.15) is 0 Å². The Morgan fingerprint density at radius 3 is 2.19 bits per heavy atom. The van der Waals surface area contributed by atoms with Crippen LogP contribution in [0.2, 0.25) is 10.0 Å². The third kappa shape index (κ3) is 11.2. The number of amides is 1. The lowest BCUT2D eigenvalue weighted by Crippen LogP contribution is -2.36. The first-order valence-corrected chi connectivity index (χ1v) is 23.4. The number of fused-ring (bicyclic) bond motifs is 1. The van der Waals surface area contributed by atoms with Crippen LogP contribution in [0.5, 0.6) is 0 Å². The molecule has 0 radical (unpaired) electrons. The summed E-state index contributed by atoms with van der Waals surface area (Å²) >= 11 is 13.3. The quantitative estimate of drug-likeness (QED) is 0.0585. The zero-order valence-corrected chi connectivity index (χ0v) is 37.0. The number of rotatable bonds is 22. The van der Waals surface area contributed by atoms with Crippen molar-refractivity contribution in [1.82, 2.24) is 9.55 Å². The lowest BCUT2D eigenvalue weighted by Gasteiger charge is -2.23. The zero-order valence-electron chi connectivity index (χ0n) is 34.7. The molecule has 1 amide bonds. The highest BCUT2D eigenvalue weighted by atomic mass is 35.5. The second-order valence-corrected chi connectivity index (χ2v) is 18.4. The van der Waals surface area contributed by atoms with Crippen LogP contribution in [0.1, 0.15) is 120 Å². The molecule has 2 N–H and O–H groups in total. The van der Waals surface area contributed by atoms with Gasteiger partial charge in [-0.1, -0.05) is 107 Å². The topological polar surface area (TPSA) is 151 Å². The standard InChI is InChI=1S/C45H57Cl2N5O6S/c1-5-8-9-10-11-12-13-14-15-18-27-59(57,58)39-30-34(46)37(29-35(39)47)49-43(55)40(48-36-22-21-32(28-31(36)4)51(7-3)25-26-53)41-50-42(54)33-19-16-17-20-38(33)52(41)44(56)45(6-2)23-24-45/h16-17,19-22,28-30,53H,5-15,18,23-27H2,1-4H3,(H,49,55)/b48-40+. The third-order valence-electron chi connectivity index (χ3n) is 11.3. The molecule has 4 aromatic rings. The maximum Gasteiger partial charge on any atom is 0.281 e. The minimum Gasteiger partial charge on any atom is -0.395 e. The molecule has 0 spiro atoms. The molecule has 0 saturated heterocycles. The van der Waals surface area contributed by atoms with Gasteiger partial charge < -0.3 is 15.3 Å². The highest BCUT2D eigenvalue weighted by Crippen LogP contribution is 2.50. The number of hydrogen-bond donors (Lipinski definition) is 2. The fourth-order valence-electron chi connectivity index (χ4n) is 7.45. The first-order chi connectivity index (χ1) is 28.3. The molecule has 14 heteroatoms. The van der Waals surface area contributed by atoms with E-state index >= 15 is 0 Å². The van der Waals surface area contributed by atoms with Crippen molar-refractivity contribution in [3.8, 4) is 0 Å². The van der Waals surface area contributed by atoms with Crippen LogP contribution in [0.4, 0.5) is 17.1 Å². The van der Waals surface area contributed by atoms with Crippen LogP contribution in [0.25, 0.3) is 10.9 Å². The summed E-state index contributed by atoms with van der Waals surface area (Å²) in [5, 5.41) is 12.4. The van der Waals surface area contributed by atoms with E-state index in [0.717, 1.165) is 31.4 Å². The van der Waals surface area contributed by atoms with E-state index in [4.69, 9.17) is 28.2 Å². The lowest BCUT2D eigenvalue weighted by molar-refractivity contribution is -0.110. The number of carbonyl (C=O) groups is 2. The monoisotopic (exact) mass is 865 g/mol. The first kappa shape index (κ1) is 46.0. The Morgan fingerprint density at radius 2 is 1.58 bits per heavy atom. The molecule has 59 heavy (non-hydrogen) atoms. The fourth-order valence-corrected chi connectivity index (χ4v) is 9.70. The van der Waals surface area contributed by atoms with Crippen molar-refractivity contribution in [1.29, 1.82) is 0 Å². The van der Waals surface area contributed by atoms with Gasteiger partial charge in [-0.25, -0.2) is 13.4 Å². The number of halogens is 2. The van der Waals surface area contributed by atoms with E-state index in [-0.39, 0.29) is 55.8 Å². The van der Waals surface area contributed by atoms with Crippen LogP contribution in [-0.2, 0) is 14.6 Å². The number of nitrogens with one attached hydrogen (secondary N) is 1. The van der Waals surface area contributed by atoms with Crippen LogP contribution in [0.3, 0.4) is 0 Å². The number of sulfone groups is 1. The summed E-state index contributed by atoms with van der Waals surface area (Å²) in [5.41, 5.74) is 0.518. The van der Waals surface area contributed by atoms with Gasteiger partial charge in [-0.3, -0.25) is 19.0 Å². The highest BCUT2D eigenvalue weighted by molar-refractivity contribution is 7.91. The van der Waals surface area contributed by atoms with Crippen molar-refractivity contribution < 1.29 is 23.1 Å². The average Bonchev–Trinajstić information content (AvgIpc) is 4.02. The molecule has 1 aliphatic carbocycles. The Kier molecular flexibility index (Phi) is 16.3. The maximum absolute atomic E-state index is 14.6. The number of aliphatic hydroxyl groups is 1. The number of aryl methyl sites for hydroxylation is 1. The molecular formula is C45H57Cl2N5O6S. The number of likely N-dealkylation sites (N-methyl/N-ethyl adjacent to an activating group) is 1. The van der Waals surface area contributed by atoms with Crippen LogP contribution in [0.15, 0.2) is 69.3 Å². The molecule has 0 aliphatic heterocycles. The molecule has 0 unspecified atom stereocenters. The number of nitrogens with zero attached hydrogens (tertiary/aromatic N) is 4. The largest absolute Gasteiger partial charge is 0.395 e. The third-order valence-corrected chi connectivity index (χ3v) is 13.9. The molecule has 0 bridgehead atoms. The van der Waals surface area contributed by atoms with Gasteiger partial charge in [0.05, 0.1) is 49.6 Å². The van der Waals surface area contributed by atoms with E-state index in [9.17, 15) is 27.9 Å². The van der Waals surface area contributed by atoms with Gasteiger partial charge in [0, 0.05) is 24.2 Å². The van der Waals surface area contributed by atoms with E-state index < -0.39 is 26.7 Å². The van der Waals surface area contributed by atoms with Gasteiger partial charge in [0.25, 0.3) is 11.5 Å². The normalized spacial score (nSPS) is 13.8. The molecular weight excluding hydrogens is 809 g/mol. The van der Waals surface area contributed by atoms with Crippen LogP contribution in [-0.4, -0.2) is 66.1 Å². The molecule has 5 rings (SSSR count).